The number of para-hydroxylation sites is 1. The maximum Gasteiger partial charge on any atom is 0.219 e. The van der Waals surface area contributed by atoms with Crippen molar-refractivity contribution in [2.75, 3.05) is 12.4 Å². The molecule has 1 N–H and O–H groups in total. The monoisotopic (exact) mass is 289 g/mol. The summed E-state index contributed by atoms with van der Waals surface area (Å²) >= 11 is 1.65. The summed E-state index contributed by atoms with van der Waals surface area (Å²) in [4.78, 5) is 17.5. The van der Waals surface area contributed by atoms with Crippen LogP contribution in [0.4, 0.5) is 5.69 Å². The highest BCUT2D eigenvalue weighted by atomic mass is 32.1. The van der Waals surface area contributed by atoms with E-state index in [4.69, 9.17) is 0 Å². The number of anilines is 1. The number of amides is 1. The Labute approximate surface area is 123 Å². The molecule has 0 atom stereocenters. The average Bonchev–Trinajstić information content (AvgIpc) is 2.83. The van der Waals surface area contributed by atoms with E-state index in [0.717, 1.165) is 22.0 Å². The highest BCUT2D eigenvalue weighted by Crippen LogP contribution is 2.18. The molecule has 1 aromatic carbocycles. The van der Waals surface area contributed by atoms with E-state index in [2.05, 4.69) is 15.7 Å². The van der Waals surface area contributed by atoms with Crippen LogP contribution in [0.2, 0.25) is 0 Å². The molecule has 0 unspecified atom stereocenters. The fourth-order valence-electron chi connectivity index (χ4n) is 1.87. The molecule has 0 radical (unpaired) electrons. The van der Waals surface area contributed by atoms with Crippen LogP contribution in [0.15, 0.2) is 29.6 Å². The minimum Gasteiger partial charge on any atom is -0.379 e. The third-order valence-electron chi connectivity index (χ3n) is 3.09. The first-order valence-electron chi connectivity index (χ1n) is 6.50. The molecule has 2 aromatic rings. The highest BCUT2D eigenvalue weighted by Gasteiger charge is 2.07. The first kappa shape index (κ1) is 14.5. The van der Waals surface area contributed by atoms with E-state index >= 15 is 0 Å². The zero-order valence-electron chi connectivity index (χ0n) is 12.0. The summed E-state index contributed by atoms with van der Waals surface area (Å²) < 4.78 is 0. The summed E-state index contributed by atoms with van der Waals surface area (Å²) in [6.45, 7) is 4.89. The van der Waals surface area contributed by atoms with Crippen LogP contribution < -0.4 is 5.32 Å². The van der Waals surface area contributed by atoms with Crippen LogP contribution in [-0.4, -0.2) is 22.8 Å². The second kappa shape index (κ2) is 6.52. The molecule has 0 aliphatic carbocycles. The van der Waals surface area contributed by atoms with Crippen molar-refractivity contribution in [1.29, 1.82) is 0 Å². The number of carbonyl (C=O) groups excluding carboxylic acids is 1. The molecule has 1 heterocycles. The van der Waals surface area contributed by atoms with Gasteiger partial charge in [-0.15, -0.1) is 11.3 Å². The summed E-state index contributed by atoms with van der Waals surface area (Å²) in [7, 11) is 1.81. The molecule has 0 saturated heterocycles. The molecule has 5 heteroatoms. The van der Waals surface area contributed by atoms with Crippen molar-refractivity contribution in [2.45, 2.75) is 26.9 Å². The van der Waals surface area contributed by atoms with E-state index in [1.807, 2.05) is 38.2 Å². The lowest BCUT2D eigenvalue weighted by Gasteiger charge is -2.18. The number of hydrogen-bond acceptors (Lipinski definition) is 4. The van der Waals surface area contributed by atoms with Gasteiger partial charge >= 0.3 is 0 Å². The lowest BCUT2D eigenvalue weighted by atomic mass is 10.1. The van der Waals surface area contributed by atoms with Gasteiger partial charge in [0.1, 0.15) is 0 Å². The maximum absolute atomic E-state index is 11.3. The van der Waals surface area contributed by atoms with Gasteiger partial charge in [-0.2, -0.15) is 0 Å². The summed E-state index contributed by atoms with van der Waals surface area (Å²) in [5.74, 6) is 0.0647. The number of nitrogens with zero attached hydrogens (tertiary/aromatic N) is 2. The Morgan fingerprint density at radius 3 is 2.80 bits per heavy atom. The standard InChI is InChI=1S/C15H19N3OS/c1-11-17-14(10-20-11)8-16-15-7-5-4-6-13(15)9-18(3)12(2)19/h4-7,10,16H,8-9H2,1-3H3. The van der Waals surface area contributed by atoms with Gasteiger partial charge < -0.3 is 10.2 Å². The van der Waals surface area contributed by atoms with Gasteiger partial charge in [0, 0.05) is 31.6 Å². The van der Waals surface area contributed by atoms with Crippen LogP contribution in [0, 0.1) is 6.92 Å². The Morgan fingerprint density at radius 1 is 1.40 bits per heavy atom. The molecule has 1 aromatic heterocycles. The van der Waals surface area contributed by atoms with E-state index in [1.165, 1.54) is 0 Å². The number of hydrogen-bond donors (Lipinski definition) is 1. The van der Waals surface area contributed by atoms with Crippen LogP contribution in [0.1, 0.15) is 23.2 Å². The number of rotatable bonds is 5. The Bertz CT molecular complexity index is 594. The predicted molar refractivity (Wildman–Crippen MR) is 82.8 cm³/mol. The second-order valence-corrected chi connectivity index (χ2v) is 5.81. The zero-order valence-corrected chi connectivity index (χ0v) is 12.8. The van der Waals surface area contributed by atoms with E-state index in [1.54, 1.807) is 23.2 Å². The Hall–Kier alpha value is -1.88. The van der Waals surface area contributed by atoms with Gasteiger partial charge in [-0.25, -0.2) is 4.98 Å². The maximum atomic E-state index is 11.3. The molecule has 0 saturated carbocycles. The molecule has 106 valence electrons. The third kappa shape index (κ3) is 3.81. The molecule has 0 spiro atoms. The van der Waals surface area contributed by atoms with Crippen molar-refractivity contribution in [2.24, 2.45) is 0 Å². The van der Waals surface area contributed by atoms with E-state index in [-0.39, 0.29) is 5.91 Å². The molecule has 2 rings (SSSR count). The predicted octanol–water partition coefficient (Wildman–Crippen LogP) is 3.04. The van der Waals surface area contributed by atoms with Crippen LogP contribution >= 0.6 is 11.3 Å². The summed E-state index contributed by atoms with van der Waals surface area (Å²) in [6.07, 6.45) is 0. The summed E-state index contributed by atoms with van der Waals surface area (Å²) in [6, 6.07) is 8.05. The molecule has 1 amide bonds. The minimum atomic E-state index is 0.0647. The molecular formula is C15H19N3OS. The van der Waals surface area contributed by atoms with Crippen molar-refractivity contribution in [3.8, 4) is 0 Å². The van der Waals surface area contributed by atoms with Gasteiger partial charge in [-0.3, -0.25) is 4.79 Å². The zero-order chi connectivity index (χ0) is 14.5. The minimum absolute atomic E-state index is 0.0647. The summed E-state index contributed by atoms with van der Waals surface area (Å²) in [5, 5.41) is 6.53. The van der Waals surface area contributed by atoms with Gasteiger partial charge in [0.15, 0.2) is 0 Å². The third-order valence-corrected chi connectivity index (χ3v) is 3.91. The quantitative estimate of drug-likeness (QED) is 0.920. The summed E-state index contributed by atoms with van der Waals surface area (Å²) in [5.41, 5.74) is 3.20. The number of carbonyl (C=O) groups is 1. The molecule has 0 aliphatic heterocycles. The van der Waals surface area contributed by atoms with Crippen molar-refractivity contribution >= 4 is 22.9 Å². The Morgan fingerprint density at radius 2 is 2.15 bits per heavy atom. The van der Waals surface area contributed by atoms with Crippen LogP contribution in [0.3, 0.4) is 0 Å². The Balaban J connectivity index is 2.05. The SMILES string of the molecule is CC(=O)N(C)Cc1ccccc1NCc1csc(C)n1. The van der Waals surface area contributed by atoms with Crippen molar-refractivity contribution < 1.29 is 4.79 Å². The van der Waals surface area contributed by atoms with Gasteiger partial charge in [0.2, 0.25) is 5.91 Å². The number of benzene rings is 1. The van der Waals surface area contributed by atoms with Crippen molar-refractivity contribution in [3.63, 3.8) is 0 Å². The second-order valence-electron chi connectivity index (χ2n) is 4.74. The number of nitrogens with one attached hydrogen (secondary N) is 1. The number of aryl methyl sites for hydroxylation is 1. The smallest absolute Gasteiger partial charge is 0.219 e. The highest BCUT2D eigenvalue weighted by molar-refractivity contribution is 7.09. The fourth-order valence-corrected chi connectivity index (χ4v) is 2.49. The van der Waals surface area contributed by atoms with Gasteiger partial charge in [0.25, 0.3) is 0 Å². The molecular weight excluding hydrogens is 270 g/mol. The lowest BCUT2D eigenvalue weighted by Crippen LogP contribution is -2.23. The van der Waals surface area contributed by atoms with Gasteiger partial charge in [-0.1, -0.05) is 18.2 Å². The molecule has 0 aliphatic rings. The number of aromatic nitrogens is 1. The van der Waals surface area contributed by atoms with Crippen LogP contribution in [0.25, 0.3) is 0 Å². The first-order valence-corrected chi connectivity index (χ1v) is 7.38. The fraction of sp³-hybridized carbons (Fsp3) is 0.333. The topological polar surface area (TPSA) is 45.2 Å². The van der Waals surface area contributed by atoms with E-state index in [9.17, 15) is 4.79 Å². The Kier molecular flexibility index (Phi) is 4.74. The lowest BCUT2D eigenvalue weighted by molar-refractivity contribution is -0.128. The normalized spacial score (nSPS) is 10.3. The molecule has 0 fully saturated rings. The number of thiazole rings is 1. The molecule has 0 bridgehead atoms. The van der Waals surface area contributed by atoms with Crippen molar-refractivity contribution in [3.05, 3.63) is 45.9 Å². The van der Waals surface area contributed by atoms with Crippen molar-refractivity contribution in [1.82, 2.24) is 9.88 Å². The van der Waals surface area contributed by atoms with Gasteiger partial charge in [0.05, 0.1) is 17.2 Å². The van der Waals surface area contributed by atoms with E-state index in [0.29, 0.717) is 13.1 Å². The first-order chi connectivity index (χ1) is 9.56. The largest absolute Gasteiger partial charge is 0.379 e. The van der Waals surface area contributed by atoms with E-state index < -0.39 is 0 Å². The average molecular weight is 289 g/mol. The van der Waals surface area contributed by atoms with Gasteiger partial charge in [-0.05, 0) is 18.6 Å². The molecule has 20 heavy (non-hydrogen) atoms. The van der Waals surface area contributed by atoms with Crippen LogP contribution in [-0.2, 0) is 17.9 Å². The van der Waals surface area contributed by atoms with Crippen LogP contribution in [0.5, 0.6) is 0 Å². The molecule has 4 nitrogen and oxygen atoms in total.